The molecule has 92 valence electrons. The standard InChI is InChI=1S/C13H18N2O2/c1-8-4-5-11(17-3)10(6-8)12-13(16)14-7-9(2)15-12/h4-6,9,12,15H,7H2,1-3H3,(H,14,16). The molecule has 0 spiro atoms. The van der Waals surface area contributed by atoms with Crippen LogP contribution in [0.5, 0.6) is 5.75 Å². The molecule has 4 heteroatoms. The number of hydrogen-bond acceptors (Lipinski definition) is 3. The van der Waals surface area contributed by atoms with Gasteiger partial charge in [0.1, 0.15) is 11.8 Å². The van der Waals surface area contributed by atoms with Crippen molar-refractivity contribution in [3.63, 3.8) is 0 Å². The first-order valence-electron chi connectivity index (χ1n) is 5.80. The van der Waals surface area contributed by atoms with Crippen LogP contribution in [0.2, 0.25) is 0 Å². The van der Waals surface area contributed by atoms with Crippen molar-refractivity contribution in [2.45, 2.75) is 25.9 Å². The second-order valence-electron chi connectivity index (χ2n) is 4.49. The van der Waals surface area contributed by atoms with Crippen LogP contribution in [0.4, 0.5) is 0 Å². The number of carbonyl (C=O) groups is 1. The van der Waals surface area contributed by atoms with Crippen molar-refractivity contribution in [1.82, 2.24) is 10.6 Å². The number of aryl methyl sites for hydroxylation is 1. The van der Waals surface area contributed by atoms with Crippen molar-refractivity contribution in [2.24, 2.45) is 0 Å². The lowest BCUT2D eigenvalue weighted by atomic mass is 9.99. The van der Waals surface area contributed by atoms with Crippen molar-refractivity contribution >= 4 is 5.91 Å². The molecule has 4 nitrogen and oxygen atoms in total. The van der Waals surface area contributed by atoms with Crippen LogP contribution >= 0.6 is 0 Å². The van der Waals surface area contributed by atoms with Crippen LogP contribution < -0.4 is 15.4 Å². The van der Waals surface area contributed by atoms with Gasteiger partial charge >= 0.3 is 0 Å². The fourth-order valence-electron chi connectivity index (χ4n) is 2.09. The molecular weight excluding hydrogens is 216 g/mol. The van der Waals surface area contributed by atoms with Gasteiger partial charge in [0, 0.05) is 18.2 Å². The number of rotatable bonds is 2. The van der Waals surface area contributed by atoms with Gasteiger partial charge in [-0.3, -0.25) is 10.1 Å². The summed E-state index contributed by atoms with van der Waals surface area (Å²) < 4.78 is 5.32. The van der Waals surface area contributed by atoms with Gasteiger partial charge in [0.25, 0.3) is 0 Å². The van der Waals surface area contributed by atoms with Crippen molar-refractivity contribution in [3.05, 3.63) is 29.3 Å². The molecule has 0 radical (unpaired) electrons. The number of ether oxygens (including phenoxy) is 1. The zero-order chi connectivity index (χ0) is 12.4. The van der Waals surface area contributed by atoms with E-state index in [1.54, 1.807) is 7.11 Å². The molecule has 1 amide bonds. The smallest absolute Gasteiger partial charge is 0.241 e. The van der Waals surface area contributed by atoms with Gasteiger partial charge in [0.15, 0.2) is 0 Å². The number of piperazine rings is 1. The third-order valence-corrected chi connectivity index (χ3v) is 2.99. The molecule has 17 heavy (non-hydrogen) atoms. The molecule has 2 N–H and O–H groups in total. The summed E-state index contributed by atoms with van der Waals surface area (Å²) in [5.74, 6) is 0.754. The van der Waals surface area contributed by atoms with E-state index in [1.807, 2.05) is 25.1 Å². The van der Waals surface area contributed by atoms with E-state index in [0.717, 1.165) is 16.9 Å². The average Bonchev–Trinajstić information content (AvgIpc) is 2.32. The van der Waals surface area contributed by atoms with Crippen LogP contribution in [0.3, 0.4) is 0 Å². The van der Waals surface area contributed by atoms with Gasteiger partial charge < -0.3 is 10.1 Å². The molecule has 1 fully saturated rings. The first-order valence-corrected chi connectivity index (χ1v) is 5.80. The Morgan fingerprint density at radius 1 is 1.41 bits per heavy atom. The third kappa shape index (κ3) is 2.42. The van der Waals surface area contributed by atoms with E-state index >= 15 is 0 Å². The molecule has 2 unspecified atom stereocenters. The Bertz CT molecular complexity index is 431. The number of benzene rings is 1. The quantitative estimate of drug-likeness (QED) is 0.807. The second-order valence-corrected chi connectivity index (χ2v) is 4.49. The summed E-state index contributed by atoms with van der Waals surface area (Å²) in [6, 6.07) is 5.82. The van der Waals surface area contributed by atoms with Crippen molar-refractivity contribution in [2.75, 3.05) is 13.7 Å². The molecule has 0 aliphatic carbocycles. The summed E-state index contributed by atoms with van der Waals surface area (Å²) in [5.41, 5.74) is 2.02. The van der Waals surface area contributed by atoms with Gasteiger partial charge in [-0.2, -0.15) is 0 Å². The Kier molecular flexibility index (Phi) is 3.33. The van der Waals surface area contributed by atoms with Crippen LogP contribution in [0.1, 0.15) is 24.1 Å². The maximum absolute atomic E-state index is 11.9. The Balaban J connectivity index is 2.37. The van der Waals surface area contributed by atoms with Crippen LogP contribution in [-0.2, 0) is 4.79 Å². The monoisotopic (exact) mass is 234 g/mol. The lowest BCUT2D eigenvalue weighted by Crippen LogP contribution is -2.52. The van der Waals surface area contributed by atoms with Gasteiger partial charge in [-0.1, -0.05) is 17.7 Å². The Morgan fingerprint density at radius 2 is 2.18 bits per heavy atom. The summed E-state index contributed by atoms with van der Waals surface area (Å²) in [4.78, 5) is 11.9. The molecule has 2 rings (SSSR count). The lowest BCUT2D eigenvalue weighted by molar-refractivity contribution is -0.125. The van der Waals surface area contributed by atoms with Crippen molar-refractivity contribution in [1.29, 1.82) is 0 Å². The summed E-state index contributed by atoms with van der Waals surface area (Å²) in [6.07, 6.45) is 0. The van der Waals surface area contributed by atoms with Crippen molar-refractivity contribution in [3.8, 4) is 5.75 Å². The van der Waals surface area contributed by atoms with E-state index in [9.17, 15) is 4.79 Å². The molecule has 1 saturated heterocycles. The Labute approximate surface area is 101 Å². The predicted octanol–water partition coefficient (Wildman–Crippen LogP) is 1.15. The minimum Gasteiger partial charge on any atom is -0.496 e. The highest BCUT2D eigenvalue weighted by molar-refractivity contribution is 5.84. The molecule has 0 saturated carbocycles. The van der Waals surface area contributed by atoms with E-state index in [0.29, 0.717) is 6.54 Å². The number of nitrogens with one attached hydrogen (secondary N) is 2. The first-order chi connectivity index (χ1) is 8.11. The number of carbonyl (C=O) groups excluding carboxylic acids is 1. The molecule has 1 aliphatic heterocycles. The number of methoxy groups -OCH3 is 1. The predicted molar refractivity (Wildman–Crippen MR) is 66.1 cm³/mol. The molecule has 0 aromatic heterocycles. The maximum Gasteiger partial charge on any atom is 0.241 e. The summed E-state index contributed by atoms with van der Waals surface area (Å²) in [7, 11) is 1.62. The number of amides is 1. The summed E-state index contributed by atoms with van der Waals surface area (Å²) in [5, 5.41) is 6.19. The zero-order valence-corrected chi connectivity index (χ0v) is 10.4. The lowest BCUT2D eigenvalue weighted by Gasteiger charge is -2.29. The topological polar surface area (TPSA) is 50.4 Å². The second kappa shape index (κ2) is 4.75. The molecule has 1 aromatic carbocycles. The Morgan fingerprint density at radius 3 is 2.88 bits per heavy atom. The molecule has 1 aromatic rings. The largest absolute Gasteiger partial charge is 0.496 e. The fraction of sp³-hybridized carbons (Fsp3) is 0.462. The summed E-state index contributed by atoms with van der Waals surface area (Å²) in [6.45, 7) is 4.73. The van der Waals surface area contributed by atoms with E-state index in [-0.39, 0.29) is 18.0 Å². The van der Waals surface area contributed by atoms with Crippen LogP contribution in [0.25, 0.3) is 0 Å². The minimum atomic E-state index is -0.325. The van der Waals surface area contributed by atoms with Gasteiger partial charge in [-0.25, -0.2) is 0 Å². The zero-order valence-electron chi connectivity index (χ0n) is 10.4. The van der Waals surface area contributed by atoms with Crippen LogP contribution in [0.15, 0.2) is 18.2 Å². The highest BCUT2D eigenvalue weighted by atomic mass is 16.5. The highest BCUT2D eigenvalue weighted by Gasteiger charge is 2.29. The van der Waals surface area contributed by atoms with Crippen molar-refractivity contribution < 1.29 is 9.53 Å². The molecule has 0 bridgehead atoms. The maximum atomic E-state index is 11.9. The fourth-order valence-corrected chi connectivity index (χ4v) is 2.09. The van der Waals surface area contributed by atoms with Crippen LogP contribution in [-0.4, -0.2) is 25.6 Å². The van der Waals surface area contributed by atoms with E-state index in [2.05, 4.69) is 17.6 Å². The van der Waals surface area contributed by atoms with Gasteiger partial charge in [0.05, 0.1) is 7.11 Å². The van der Waals surface area contributed by atoms with Gasteiger partial charge in [-0.05, 0) is 19.9 Å². The van der Waals surface area contributed by atoms with E-state index < -0.39 is 0 Å². The summed E-state index contributed by atoms with van der Waals surface area (Å²) >= 11 is 0. The van der Waals surface area contributed by atoms with Gasteiger partial charge in [-0.15, -0.1) is 0 Å². The molecule has 2 atom stereocenters. The minimum absolute atomic E-state index is 0.00648. The normalized spacial score (nSPS) is 24.3. The number of hydrogen-bond donors (Lipinski definition) is 2. The highest BCUT2D eigenvalue weighted by Crippen LogP contribution is 2.27. The van der Waals surface area contributed by atoms with E-state index in [4.69, 9.17) is 4.74 Å². The average molecular weight is 234 g/mol. The van der Waals surface area contributed by atoms with Gasteiger partial charge in [0.2, 0.25) is 5.91 Å². The molecule has 1 aliphatic rings. The SMILES string of the molecule is COc1ccc(C)cc1C1NC(C)CNC1=O. The Hall–Kier alpha value is -1.55. The third-order valence-electron chi connectivity index (χ3n) is 2.99. The molecular formula is C13H18N2O2. The van der Waals surface area contributed by atoms with E-state index in [1.165, 1.54) is 0 Å². The van der Waals surface area contributed by atoms with Crippen LogP contribution in [0, 0.1) is 6.92 Å². The molecule has 1 heterocycles. The first kappa shape index (κ1) is 11.9.